The minimum absolute atomic E-state index is 0.112. The van der Waals surface area contributed by atoms with Crippen LogP contribution >= 0.6 is 0 Å². The second-order valence-electron chi connectivity index (χ2n) is 5.74. The summed E-state index contributed by atoms with van der Waals surface area (Å²) in [4.78, 5) is 11.9. The quantitative estimate of drug-likeness (QED) is 0.410. The van der Waals surface area contributed by atoms with Crippen molar-refractivity contribution in [2.24, 2.45) is 0 Å². The van der Waals surface area contributed by atoms with Gasteiger partial charge in [0.2, 0.25) is 0 Å². The number of carbonyl (C=O) groups excluding carboxylic acids is 1. The molecule has 3 nitrogen and oxygen atoms in total. The van der Waals surface area contributed by atoms with Crippen LogP contribution in [-0.4, -0.2) is 18.7 Å². The highest BCUT2D eigenvalue weighted by atomic mass is 16.6. The predicted molar refractivity (Wildman–Crippen MR) is 83.3 cm³/mol. The van der Waals surface area contributed by atoms with Crippen molar-refractivity contribution in [3.8, 4) is 0 Å². The lowest BCUT2D eigenvalue weighted by atomic mass is 10.0. The molecular weight excluding hydrogens is 264 g/mol. The normalized spacial score (nSPS) is 20.3. The topological polar surface area (TPSA) is 38.8 Å². The maximum absolute atomic E-state index is 11.9. The Hall–Kier alpha value is -1.35. The number of aryl methyl sites for hydroxylation is 2. The van der Waals surface area contributed by atoms with Gasteiger partial charge in [0.1, 0.15) is 6.10 Å². The van der Waals surface area contributed by atoms with Gasteiger partial charge in [-0.15, -0.1) is 0 Å². The van der Waals surface area contributed by atoms with E-state index in [0.717, 1.165) is 24.8 Å². The number of ether oxygens (including phenoxy) is 2. The van der Waals surface area contributed by atoms with Gasteiger partial charge in [-0.3, -0.25) is 0 Å². The van der Waals surface area contributed by atoms with Crippen LogP contribution < -0.4 is 0 Å². The van der Waals surface area contributed by atoms with Gasteiger partial charge >= 0.3 is 5.97 Å². The Balaban J connectivity index is 1.79. The zero-order valence-corrected chi connectivity index (χ0v) is 13.4. The van der Waals surface area contributed by atoms with Gasteiger partial charge in [-0.25, -0.2) is 4.79 Å². The van der Waals surface area contributed by atoms with E-state index in [0.29, 0.717) is 6.61 Å². The molecule has 0 aliphatic carbocycles. The van der Waals surface area contributed by atoms with Crippen LogP contribution in [0.3, 0.4) is 0 Å². The van der Waals surface area contributed by atoms with E-state index in [1.54, 1.807) is 0 Å². The highest BCUT2D eigenvalue weighted by Gasteiger charge is 2.47. The van der Waals surface area contributed by atoms with Gasteiger partial charge in [0.15, 0.2) is 6.10 Å². The molecule has 116 valence electrons. The third-order valence-corrected chi connectivity index (χ3v) is 4.05. The second kappa shape index (κ2) is 7.60. The summed E-state index contributed by atoms with van der Waals surface area (Å²) in [7, 11) is 0. The predicted octanol–water partition coefficient (Wildman–Crippen LogP) is 4.12. The van der Waals surface area contributed by atoms with Crippen molar-refractivity contribution in [1.29, 1.82) is 0 Å². The summed E-state index contributed by atoms with van der Waals surface area (Å²) in [6.07, 6.45) is 4.94. The number of rotatable bonds is 8. The average Bonchev–Trinajstić information content (AvgIpc) is 3.28. The molecule has 2 atom stereocenters. The molecular formula is C18H26O3. The Bertz CT molecular complexity index is 481. The van der Waals surface area contributed by atoms with Gasteiger partial charge < -0.3 is 9.47 Å². The van der Waals surface area contributed by atoms with Crippen LogP contribution in [0.5, 0.6) is 0 Å². The Morgan fingerprint density at radius 2 is 2.05 bits per heavy atom. The molecule has 21 heavy (non-hydrogen) atoms. The summed E-state index contributed by atoms with van der Waals surface area (Å²) in [5.41, 5.74) is 3.69. The van der Waals surface area contributed by atoms with Crippen LogP contribution in [0, 0.1) is 6.92 Å². The van der Waals surface area contributed by atoms with E-state index < -0.39 is 6.10 Å². The van der Waals surface area contributed by atoms with E-state index in [-0.39, 0.29) is 12.1 Å². The van der Waals surface area contributed by atoms with Crippen molar-refractivity contribution < 1.29 is 14.3 Å². The van der Waals surface area contributed by atoms with Crippen molar-refractivity contribution >= 4 is 5.97 Å². The molecule has 1 heterocycles. The summed E-state index contributed by atoms with van der Waals surface area (Å²) in [5.74, 6) is -0.213. The molecule has 0 radical (unpaired) electrons. The highest BCUT2D eigenvalue weighted by Crippen LogP contribution is 2.40. The largest absolute Gasteiger partial charge is 0.464 e. The highest BCUT2D eigenvalue weighted by molar-refractivity contribution is 5.78. The molecule has 1 aliphatic rings. The Kier molecular flexibility index (Phi) is 5.80. The van der Waals surface area contributed by atoms with Crippen LogP contribution in [0.2, 0.25) is 0 Å². The zero-order valence-electron chi connectivity index (χ0n) is 13.4. The molecule has 1 saturated heterocycles. The Labute approximate surface area is 127 Å². The van der Waals surface area contributed by atoms with Crippen LogP contribution in [0.25, 0.3) is 0 Å². The first kappa shape index (κ1) is 16.0. The third kappa shape index (κ3) is 4.31. The minimum atomic E-state index is -0.399. The van der Waals surface area contributed by atoms with E-state index in [4.69, 9.17) is 9.47 Å². The monoisotopic (exact) mass is 290 g/mol. The lowest BCUT2D eigenvalue weighted by Crippen LogP contribution is -2.13. The maximum Gasteiger partial charge on any atom is 0.338 e. The SMILES string of the molecule is CCCCCCOC(=O)C1OC1c1ccc(C)c(CC)c1. The first-order chi connectivity index (χ1) is 10.2. The first-order valence-electron chi connectivity index (χ1n) is 8.08. The van der Waals surface area contributed by atoms with Crippen molar-refractivity contribution in [2.45, 2.75) is 65.1 Å². The lowest BCUT2D eigenvalue weighted by Gasteiger charge is -2.05. The van der Waals surface area contributed by atoms with Crippen molar-refractivity contribution in [1.82, 2.24) is 0 Å². The number of esters is 1. The van der Waals surface area contributed by atoms with Gasteiger partial charge in [-0.05, 0) is 36.5 Å². The van der Waals surface area contributed by atoms with Gasteiger partial charge in [0.25, 0.3) is 0 Å². The van der Waals surface area contributed by atoms with Crippen molar-refractivity contribution in [3.05, 3.63) is 34.9 Å². The molecule has 0 N–H and O–H groups in total. The van der Waals surface area contributed by atoms with Crippen molar-refractivity contribution in [2.75, 3.05) is 6.61 Å². The number of unbranched alkanes of at least 4 members (excludes halogenated alkanes) is 3. The van der Waals surface area contributed by atoms with E-state index in [9.17, 15) is 4.79 Å². The Morgan fingerprint density at radius 3 is 2.76 bits per heavy atom. The fourth-order valence-electron chi connectivity index (χ4n) is 2.58. The molecule has 2 rings (SSSR count). The molecule has 3 heteroatoms. The van der Waals surface area contributed by atoms with Gasteiger partial charge in [-0.2, -0.15) is 0 Å². The van der Waals surface area contributed by atoms with E-state index >= 15 is 0 Å². The third-order valence-electron chi connectivity index (χ3n) is 4.05. The Morgan fingerprint density at radius 1 is 1.24 bits per heavy atom. The van der Waals surface area contributed by atoms with Gasteiger partial charge in [0.05, 0.1) is 6.61 Å². The number of carbonyl (C=O) groups is 1. The van der Waals surface area contributed by atoms with Crippen LogP contribution in [0.15, 0.2) is 18.2 Å². The lowest BCUT2D eigenvalue weighted by molar-refractivity contribution is -0.145. The van der Waals surface area contributed by atoms with Crippen LogP contribution in [0.1, 0.15) is 62.3 Å². The minimum Gasteiger partial charge on any atom is -0.464 e. The first-order valence-corrected chi connectivity index (χ1v) is 8.08. The molecule has 1 fully saturated rings. The van der Waals surface area contributed by atoms with Gasteiger partial charge in [0, 0.05) is 0 Å². The number of epoxide rings is 1. The van der Waals surface area contributed by atoms with E-state index in [2.05, 4.69) is 32.9 Å². The molecule has 2 unspecified atom stereocenters. The van der Waals surface area contributed by atoms with Crippen LogP contribution in [-0.2, 0) is 20.7 Å². The van der Waals surface area contributed by atoms with E-state index in [1.807, 2.05) is 6.07 Å². The molecule has 0 bridgehead atoms. The second-order valence-corrected chi connectivity index (χ2v) is 5.74. The summed E-state index contributed by atoms with van der Waals surface area (Å²) in [6.45, 7) is 6.93. The summed E-state index contributed by atoms with van der Waals surface area (Å²) in [5, 5.41) is 0. The number of hydrogen-bond donors (Lipinski definition) is 0. The molecule has 0 amide bonds. The molecule has 1 aromatic carbocycles. The summed E-state index contributed by atoms with van der Waals surface area (Å²) >= 11 is 0. The molecule has 0 spiro atoms. The molecule has 0 saturated carbocycles. The number of hydrogen-bond acceptors (Lipinski definition) is 3. The summed E-state index contributed by atoms with van der Waals surface area (Å²) in [6, 6.07) is 6.30. The smallest absolute Gasteiger partial charge is 0.338 e. The number of benzene rings is 1. The average molecular weight is 290 g/mol. The standard InChI is InChI=1S/C18H26O3/c1-4-6-7-8-11-20-18(19)17-16(21-17)15-10-9-13(3)14(5-2)12-15/h9-10,12,16-17H,4-8,11H2,1-3H3. The summed E-state index contributed by atoms with van der Waals surface area (Å²) < 4.78 is 10.8. The van der Waals surface area contributed by atoms with Gasteiger partial charge in [-0.1, -0.05) is 51.3 Å². The molecule has 0 aromatic heterocycles. The van der Waals surface area contributed by atoms with Crippen LogP contribution in [0.4, 0.5) is 0 Å². The fraction of sp³-hybridized carbons (Fsp3) is 0.611. The van der Waals surface area contributed by atoms with Crippen molar-refractivity contribution in [3.63, 3.8) is 0 Å². The zero-order chi connectivity index (χ0) is 15.2. The molecule has 1 aromatic rings. The fourth-order valence-corrected chi connectivity index (χ4v) is 2.58. The molecule has 1 aliphatic heterocycles. The van der Waals surface area contributed by atoms with E-state index in [1.165, 1.54) is 24.0 Å². The maximum atomic E-state index is 11.9.